The lowest BCUT2D eigenvalue weighted by Crippen LogP contribution is -2.51. The average molecular weight is 497 g/mol. The second-order valence-corrected chi connectivity index (χ2v) is 10.3. The molecule has 0 saturated carbocycles. The average Bonchev–Trinajstić information content (AvgIpc) is 3.24. The third-order valence-corrected chi connectivity index (χ3v) is 7.47. The molecule has 0 spiro atoms. The van der Waals surface area contributed by atoms with Crippen LogP contribution in [0.3, 0.4) is 0 Å². The standard InChI is InChI=1S/C29H32N6O2/c1-34(2)27(37)11-12-30-29-32-26-14-19(25-15-22(36)13-18-5-3-4-6-23(18)25)7-10-24(26)28(33-29)35-16-20-8-9-21(17-35)31-20/h3-7,10,13-15,20-21,31,36H,8-9,11-12,16-17H2,1-2H3,(H,30,32,33)/t20-,21+. The van der Waals surface area contributed by atoms with E-state index in [9.17, 15) is 9.90 Å². The monoisotopic (exact) mass is 496 g/mol. The summed E-state index contributed by atoms with van der Waals surface area (Å²) in [6.07, 6.45) is 2.75. The summed E-state index contributed by atoms with van der Waals surface area (Å²) in [5, 5.41) is 20.5. The van der Waals surface area contributed by atoms with Crippen molar-refractivity contribution in [3.05, 3.63) is 54.6 Å². The Kier molecular flexibility index (Phi) is 6.04. The molecule has 8 heteroatoms. The number of anilines is 2. The molecule has 0 unspecified atom stereocenters. The van der Waals surface area contributed by atoms with E-state index in [1.165, 1.54) is 12.8 Å². The van der Waals surface area contributed by atoms with Crippen LogP contribution in [0.4, 0.5) is 11.8 Å². The van der Waals surface area contributed by atoms with E-state index in [1.807, 2.05) is 24.3 Å². The molecule has 2 bridgehead atoms. The van der Waals surface area contributed by atoms with Gasteiger partial charge in [-0.05, 0) is 59.0 Å². The van der Waals surface area contributed by atoms with Gasteiger partial charge in [0.25, 0.3) is 0 Å². The number of nitrogens with one attached hydrogen (secondary N) is 2. The quantitative estimate of drug-likeness (QED) is 0.372. The van der Waals surface area contributed by atoms with Gasteiger partial charge in [0.2, 0.25) is 11.9 Å². The van der Waals surface area contributed by atoms with Crippen LogP contribution in [0.1, 0.15) is 19.3 Å². The minimum Gasteiger partial charge on any atom is -0.508 e. The van der Waals surface area contributed by atoms with E-state index < -0.39 is 0 Å². The van der Waals surface area contributed by atoms with Crippen molar-refractivity contribution in [3.8, 4) is 16.9 Å². The fourth-order valence-corrected chi connectivity index (χ4v) is 5.61. The number of rotatable bonds is 6. The topological polar surface area (TPSA) is 93.6 Å². The first-order valence-electron chi connectivity index (χ1n) is 12.9. The van der Waals surface area contributed by atoms with Crippen LogP contribution in [0.5, 0.6) is 5.75 Å². The van der Waals surface area contributed by atoms with Gasteiger partial charge in [0.15, 0.2) is 0 Å². The number of aromatic hydroxyl groups is 1. The maximum Gasteiger partial charge on any atom is 0.225 e. The highest BCUT2D eigenvalue weighted by atomic mass is 16.3. The fraction of sp³-hybridized carbons (Fsp3) is 0.345. The molecule has 8 nitrogen and oxygen atoms in total. The first-order chi connectivity index (χ1) is 17.9. The molecule has 6 rings (SSSR count). The summed E-state index contributed by atoms with van der Waals surface area (Å²) in [5.41, 5.74) is 2.78. The molecule has 3 N–H and O–H groups in total. The number of carbonyl (C=O) groups is 1. The normalized spacial score (nSPS) is 18.9. The van der Waals surface area contributed by atoms with Gasteiger partial charge in [-0.3, -0.25) is 4.79 Å². The van der Waals surface area contributed by atoms with E-state index in [2.05, 4.69) is 39.8 Å². The molecule has 2 saturated heterocycles. The van der Waals surface area contributed by atoms with E-state index in [0.29, 0.717) is 31.0 Å². The second kappa shape index (κ2) is 9.52. The van der Waals surface area contributed by atoms with E-state index in [0.717, 1.165) is 51.7 Å². The number of hydrogen-bond donors (Lipinski definition) is 3. The lowest BCUT2D eigenvalue weighted by Gasteiger charge is -2.34. The summed E-state index contributed by atoms with van der Waals surface area (Å²) < 4.78 is 0. The molecule has 2 atom stereocenters. The number of aromatic nitrogens is 2. The van der Waals surface area contributed by atoms with Crippen molar-refractivity contribution in [1.29, 1.82) is 0 Å². The molecule has 2 aliphatic heterocycles. The van der Waals surface area contributed by atoms with Gasteiger partial charge in [-0.2, -0.15) is 4.98 Å². The molecule has 0 radical (unpaired) electrons. The molecule has 1 aromatic heterocycles. The molecule has 1 amide bonds. The van der Waals surface area contributed by atoms with Gasteiger partial charge in [0.05, 0.1) is 5.52 Å². The Morgan fingerprint density at radius 1 is 1.05 bits per heavy atom. The van der Waals surface area contributed by atoms with Crippen LogP contribution >= 0.6 is 0 Å². The Balaban J connectivity index is 1.42. The van der Waals surface area contributed by atoms with Crippen LogP contribution < -0.4 is 15.5 Å². The molecule has 4 aromatic rings. The zero-order valence-electron chi connectivity index (χ0n) is 21.2. The molecule has 37 heavy (non-hydrogen) atoms. The first-order valence-corrected chi connectivity index (χ1v) is 12.9. The number of piperazine rings is 1. The second-order valence-electron chi connectivity index (χ2n) is 10.3. The molecule has 2 fully saturated rings. The summed E-state index contributed by atoms with van der Waals surface area (Å²) in [4.78, 5) is 25.9. The van der Waals surface area contributed by atoms with E-state index in [1.54, 1.807) is 25.1 Å². The highest BCUT2D eigenvalue weighted by Gasteiger charge is 2.33. The number of benzene rings is 3. The van der Waals surface area contributed by atoms with Gasteiger partial charge < -0.3 is 25.5 Å². The van der Waals surface area contributed by atoms with Crippen molar-refractivity contribution in [2.45, 2.75) is 31.3 Å². The number of carbonyl (C=O) groups excluding carboxylic acids is 1. The molecular formula is C29H32N6O2. The smallest absolute Gasteiger partial charge is 0.225 e. The van der Waals surface area contributed by atoms with Crippen LogP contribution in [0.2, 0.25) is 0 Å². The van der Waals surface area contributed by atoms with E-state index in [-0.39, 0.29) is 11.7 Å². The summed E-state index contributed by atoms with van der Waals surface area (Å²) in [7, 11) is 3.52. The fourth-order valence-electron chi connectivity index (χ4n) is 5.61. The summed E-state index contributed by atoms with van der Waals surface area (Å²) in [5.74, 6) is 1.75. The maximum atomic E-state index is 12.1. The van der Waals surface area contributed by atoms with E-state index >= 15 is 0 Å². The Morgan fingerprint density at radius 2 is 1.84 bits per heavy atom. The van der Waals surface area contributed by atoms with Crippen molar-refractivity contribution < 1.29 is 9.90 Å². The SMILES string of the molecule is CN(C)C(=O)CCNc1nc(N2C[C@H]3CC[C@@H](C2)N3)c2ccc(-c3cc(O)cc4ccccc34)cc2n1. The van der Waals surface area contributed by atoms with Gasteiger partial charge in [0, 0.05) is 57.6 Å². The van der Waals surface area contributed by atoms with Crippen LogP contribution in [-0.2, 0) is 4.79 Å². The Labute approximate surface area is 216 Å². The van der Waals surface area contributed by atoms with Crippen LogP contribution in [0.15, 0.2) is 54.6 Å². The van der Waals surface area contributed by atoms with Crippen molar-refractivity contribution in [2.75, 3.05) is 43.9 Å². The number of phenols is 1. The van der Waals surface area contributed by atoms with Gasteiger partial charge in [-0.15, -0.1) is 0 Å². The predicted octanol–water partition coefficient (Wildman–Crippen LogP) is 3.99. The summed E-state index contributed by atoms with van der Waals surface area (Å²) >= 11 is 0. The number of phenolic OH excluding ortho intramolecular Hbond substituents is 1. The number of fused-ring (bicyclic) bond motifs is 4. The van der Waals surface area contributed by atoms with Crippen LogP contribution in [-0.4, -0.2) is 71.7 Å². The maximum absolute atomic E-state index is 12.1. The minimum absolute atomic E-state index is 0.0604. The predicted molar refractivity (Wildman–Crippen MR) is 148 cm³/mol. The highest BCUT2D eigenvalue weighted by molar-refractivity contribution is 6.01. The molecular weight excluding hydrogens is 464 g/mol. The third kappa shape index (κ3) is 4.64. The van der Waals surface area contributed by atoms with Crippen molar-refractivity contribution in [1.82, 2.24) is 20.2 Å². The zero-order chi connectivity index (χ0) is 25.5. The van der Waals surface area contributed by atoms with Crippen LogP contribution in [0, 0.1) is 0 Å². The summed E-state index contributed by atoms with van der Waals surface area (Å²) in [6, 6.07) is 18.9. The Morgan fingerprint density at radius 3 is 2.62 bits per heavy atom. The highest BCUT2D eigenvalue weighted by Crippen LogP contribution is 2.36. The molecule has 0 aliphatic carbocycles. The third-order valence-electron chi connectivity index (χ3n) is 7.47. The van der Waals surface area contributed by atoms with Gasteiger partial charge in [-0.25, -0.2) is 4.98 Å². The van der Waals surface area contributed by atoms with Gasteiger partial charge >= 0.3 is 0 Å². The van der Waals surface area contributed by atoms with E-state index in [4.69, 9.17) is 9.97 Å². The van der Waals surface area contributed by atoms with Crippen LogP contribution in [0.25, 0.3) is 32.8 Å². The first kappa shape index (κ1) is 23.5. The van der Waals surface area contributed by atoms with Crippen molar-refractivity contribution >= 4 is 39.3 Å². The summed E-state index contributed by atoms with van der Waals surface area (Å²) in [6.45, 7) is 2.30. The number of amides is 1. The van der Waals surface area contributed by atoms with Crippen molar-refractivity contribution in [3.63, 3.8) is 0 Å². The lowest BCUT2D eigenvalue weighted by atomic mass is 9.97. The molecule has 190 valence electrons. The Bertz CT molecular complexity index is 1470. The molecule has 3 heterocycles. The number of hydrogen-bond acceptors (Lipinski definition) is 7. The van der Waals surface area contributed by atoms with Gasteiger partial charge in [0.1, 0.15) is 11.6 Å². The minimum atomic E-state index is 0.0604. The zero-order valence-corrected chi connectivity index (χ0v) is 21.2. The number of nitrogens with zero attached hydrogens (tertiary/aromatic N) is 4. The molecule has 2 aliphatic rings. The Hall–Kier alpha value is -3.91. The molecule has 3 aromatic carbocycles. The van der Waals surface area contributed by atoms with Crippen molar-refractivity contribution in [2.24, 2.45) is 0 Å². The lowest BCUT2D eigenvalue weighted by molar-refractivity contribution is -0.128. The van der Waals surface area contributed by atoms with Gasteiger partial charge in [-0.1, -0.05) is 30.3 Å². The largest absolute Gasteiger partial charge is 0.508 e.